The number of halogens is 1. The van der Waals surface area contributed by atoms with Crippen LogP contribution in [0.1, 0.15) is 32.1 Å². The second kappa shape index (κ2) is 8.97. The number of nitrogens with zero attached hydrogens (tertiary/aromatic N) is 2. The third kappa shape index (κ3) is 4.95. The highest BCUT2D eigenvalue weighted by atomic mass is 32.2. The molecule has 1 saturated carbocycles. The van der Waals surface area contributed by atoms with Crippen molar-refractivity contribution in [3.63, 3.8) is 0 Å². The topological polar surface area (TPSA) is 78.8 Å². The van der Waals surface area contributed by atoms with Gasteiger partial charge in [-0.3, -0.25) is 9.10 Å². The van der Waals surface area contributed by atoms with Gasteiger partial charge in [-0.15, -0.1) is 0 Å². The van der Waals surface area contributed by atoms with Crippen LogP contribution in [0, 0.1) is 5.82 Å². The molecule has 0 radical (unpaired) electrons. The van der Waals surface area contributed by atoms with Gasteiger partial charge in [0.15, 0.2) is 0 Å². The number of amides is 1. The fourth-order valence-corrected chi connectivity index (χ4v) is 4.46. The van der Waals surface area contributed by atoms with E-state index in [9.17, 15) is 17.6 Å². The Bertz CT molecular complexity index is 936. The van der Waals surface area contributed by atoms with Crippen molar-refractivity contribution in [3.8, 4) is 0 Å². The number of rotatable bonds is 6. The summed E-state index contributed by atoms with van der Waals surface area (Å²) in [5.74, 6) is -1.05. The maximum Gasteiger partial charge on any atom is 0.264 e. The Kier molecular flexibility index (Phi) is 6.41. The van der Waals surface area contributed by atoms with E-state index in [0.29, 0.717) is 0 Å². The standard InChI is InChI=1S/C20H22FN3O3S/c21-16-11-13-18(14-12-16)24(28(26,27)19-9-5-2-6-10-19)15-20(25)23-22-17-7-3-1-4-8-17/h2,5-6,9-14H,1,3-4,7-8,15H2,(H,23,25). The minimum atomic E-state index is -4.00. The average Bonchev–Trinajstić information content (AvgIpc) is 2.72. The smallest absolute Gasteiger partial charge is 0.264 e. The molecule has 3 rings (SSSR count). The summed E-state index contributed by atoms with van der Waals surface area (Å²) in [6, 6.07) is 12.8. The van der Waals surface area contributed by atoms with Gasteiger partial charge in [-0.25, -0.2) is 18.2 Å². The molecular weight excluding hydrogens is 381 g/mol. The third-order valence-corrected chi connectivity index (χ3v) is 6.29. The Hall–Kier alpha value is -2.74. The van der Waals surface area contributed by atoms with Gasteiger partial charge in [0.1, 0.15) is 12.4 Å². The monoisotopic (exact) mass is 403 g/mol. The predicted octanol–water partition coefficient (Wildman–Crippen LogP) is 3.46. The minimum absolute atomic E-state index is 0.0470. The van der Waals surface area contributed by atoms with Gasteiger partial charge < -0.3 is 0 Å². The molecule has 0 saturated heterocycles. The number of benzene rings is 2. The van der Waals surface area contributed by atoms with Crippen LogP contribution in [0.15, 0.2) is 64.6 Å². The van der Waals surface area contributed by atoms with Gasteiger partial charge in [0.05, 0.1) is 10.6 Å². The van der Waals surface area contributed by atoms with Gasteiger partial charge in [0.2, 0.25) is 0 Å². The number of carbonyl (C=O) groups is 1. The lowest BCUT2D eigenvalue weighted by Gasteiger charge is -2.23. The maximum absolute atomic E-state index is 13.3. The lowest BCUT2D eigenvalue weighted by Crippen LogP contribution is -2.39. The lowest BCUT2D eigenvalue weighted by atomic mass is 9.99. The van der Waals surface area contributed by atoms with Crippen LogP contribution in [0.25, 0.3) is 0 Å². The van der Waals surface area contributed by atoms with Crippen LogP contribution in [-0.2, 0) is 14.8 Å². The number of anilines is 1. The number of nitrogens with one attached hydrogen (secondary N) is 1. The Morgan fingerprint density at radius 1 is 1.00 bits per heavy atom. The summed E-state index contributed by atoms with van der Waals surface area (Å²) >= 11 is 0. The van der Waals surface area contributed by atoms with Gasteiger partial charge in [0.25, 0.3) is 15.9 Å². The summed E-state index contributed by atoms with van der Waals surface area (Å²) in [5.41, 5.74) is 3.57. The van der Waals surface area contributed by atoms with E-state index in [4.69, 9.17) is 0 Å². The molecule has 2 aromatic rings. The van der Waals surface area contributed by atoms with Crippen molar-refractivity contribution in [3.05, 3.63) is 60.4 Å². The molecule has 1 amide bonds. The number of hydrogen-bond donors (Lipinski definition) is 1. The highest BCUT2D eigenvalue weighted by molar-refractivity contribution is 7.92. The number of carbonyl (C=O) groups excluding carboxylic acids is 1. The molecule has 28 heavy (non-hydrogen) atoms. The van der Waals surface area contributed by atoms with Crippen molar-refractivity contribution in [2.24, 2.45) is 5.10 Å². The van der Waals surface area contributed by atoms with E-state index in [0.717, 1.165) is 54.3 Å². The maximum atomic E-state index is 13.3. The molecule has 2 aromatic carbocycles. The highest BCUT2D eigenvalue weighted by Gasteiger charge is 2.27. The SMILES string of the molecule is O=C(CN(c1ccc(F)cc1)S(=O)(=O)c1ccccc1)NN=C1CCCCC1. The summed E-state index contributed by atoms with van der Waals surface area (Å²) in [6.45, 7) is -0.459. The molecule has 6 nitrogen and oxygen atoms in total. The highest BCUT2D eigenvalue weighted by Crippen LogP contribution is 2.23. The second-order valence-corrected chi connectivity index (χ2v) is 8.44. The molecule has 1 aliphatic rings. The quantitative estimate of drug-likeness (QED) is 0.751. The number of hydrazone groups is 1. The van der Waals surface area contributed by atoms with Crippen LogP contribution in [0.5, 0.6) is 0 Å². The molecule has 148 valence electrons. The first-order valence-electron chi connectivity index (χ1n) is 9.14. The molecular formula is C20H22FN3O3S. The van der Waals surface area contributed by atoms with E-state index in [-0.39, 0.29) is 10.6 Å². The second-order valence-electron chi connectivity index (χ2n) is 6.57. The summed E-state index contributed by atoms with van der Waals surface area (Å²) in [6.07, 6.45) is 4.91. The normalized spacial score (nSPS) is 14.4. The number of sulfonamides is 1. The van der Waals surface area contributed by atoms with Crippen molar-refractivity contribution in [2.75, 3.05) is 10.8 Å². The van der Waals surface area contributed by atoms with Crippen molar-refractivity contribution in [1.82, 2.24) is 5.43 Å². The molecule has 0 heterocycles. The zero-order valence-corrected chi connectivity index (χ0v) is 16.2. The van der Waals surface area contributed by atoms with E-state index in [1.807, 2.05) is 0 Å². The molecule has 0 aliphatic heterocycles. The predicted molar refractivity (Wildman–Crippen MR) is 106 cm³/mol. The van der Waals surface area contributed by atoms with Crippen LogP contribution in [0.2, 0.25) is 0 Å². The van der Waals surface area contributed by atoms with Gasteiger partial charge in [0, 0.05) is 5.71 Å². The fourth-order valence-electron chi connectivity index (χ4n) is 3.02. The lowest BCUT2D eigenvalue weighted by molar-refractivity contribution is -0.119. The van der Waals surface area contributed by atoms with Crippen molar-refractivity contribution in [1.29, 1.82) is 0 Å². The van der Waals surface area contributed by atoms with Crippen LogP contribution >= 0.6 is 0 Å². The number of hydrogen-bond acceptors (Lipinski definition) is 4. The van der Waals surface area contributed by atoms with E-state index in [1.54, 1.807) is 18.2 Å². The first-order valence-corrected chi connectivity index (χ1v) is 10.6. The van der Waals surface area contributed by atoms with Crippen molar-refractivity contribution >= 4 is 27.3 Å². The first-order chi connectivity index (χ1) is 13.5. The Labute approximate surface area is 164 Å². The molecule has 8 heteroatoms. The zero-order chi connectivity index (χ0) is 20.0. The van der Waals surface area contributed by atoms with E-state index in [2.05, 4.69) is 10.5 Å². The summed E-state index contributed by atoms with van der Waals surface area (Å²) < 4.78 is 40.4. The first kappa shape index (κ1) is 20.0. The minimum Gasteiger partial charge on any atom is -0.271 e. The van der Waals surface area contributed by atoms with Gasteiger partial charge in [-0.05, 0) is 62.1 Å². The molecule has 0 spiro atoms. The summed E-state index contributed by atoms with van der Waals surface area (Å²) in [4.78, 5) is 12.5. The van der Waals surface area contributed by atoms with E-state index >= 15 is 0 Å². The Morgan fingerprint density at radius 2 is 1.64 bits per heavy atom. The van der Waals surface area contributed by atoms with Crippen molar-refractivity contribution < 1.29 is 17.6 Å². The molecule has 0 atom stereocenters. The molecule has 0 bridgehead atoms. The molecule has 0 aromatic heterocycles. The van der Waals surface area contributed by atoms with Crippen LogP contribution in [-0.4, -0.2) is 26.6 Å². The van der Waals surface area contributed by atoms with Crippen LogP contribution < -0.4 is 9.73 Å². The largest absolute Gasteiger partial charge is 0.271 e. The molecule has 1 N–H and O–H groups in total. The van der Waals surface area contributed by atoms with E-state index in [1.165, 1.54) is 24.3 Å². The average molecular weight is 403 g/mol. The van der Waals surface area contributed by atoms with Crippen LogP contribution in [0.4, 0.5) is 10.1 Å². The zero-order valence-electron chi connectivity index (χ0n) is 15.3. The summed E-state index contributed by atoms with van der Waals surface area (Å²) in [5, 5.41) is 4.13. The summed E-state index contributed by atoms with van der Waals surface area (Å²) in [7, 11) is -4.00. The van der Waals surface area contributed by atoms with Gasteiger partial charge >= 0.3 is 0 Å². The van der Waals surface area contributed by atoms with Crippen molar-refractivity contribution in [2.45, 2.75) is 37.0 Å². The molecule has 1 aliphatic carbocycles. The Balaban J connectivity index is 1.84. The van der Waals surface area contributed by atoms with E-state index < -0.39 is 28.3 Å². The molecule has 1 fully saturated rings. The van der Waals surface area contributed by atoms with Crippen LogP contribution in [0.3, 0.4) is 0 Å². The molecule has 0 unspecified atom stereocenters. The third-order valence-electron chi connectivity index (χ3n) is 4.50. The van der Waals surface area contributed by atoms with Gasteiger partial charge in [-0.2, -0.15) is 5.10 Å². The fraction of sp³-hybridized carbons (Fsp3) is 0.300. The van der Waals surface area contributed by atoms with Gasteiger partial charge in [-0.1, -0.05) is 24.6 Å². The Morgan fingerprint density at radius 3 is 2.29 bits per heavy atom.